The third-order valence-electron chi connectivity index (χ3n) is 1.86. The lowest BCUT2D eigenvalue weighted by molar-refractivity contribution is 0.318. The van der Waals surface area contributed by atoms with Gasteiger partial charge in [0.2, 0.25) is 0 Å². The van der Waals surface area contributed by atoms with Crippen LogP contribution in [0.3, 0.4) is 0 Å². The average Bonchev–Trinajstić information content (AvgIpc) is 2.20. The van der Waals surface area contributed by atoms with E-state index in [1.54, 1.807) is 11.8 Å². The molecule has 2 nitrogen and oxygen atoms in total. The van der Waals surface area contributed by atoms with E-state index in [2.05, 4.69) is 5.16 Å². The zero-order chi connectivity index (χ0) is 9.68. The smallest absolute Gasteiger partial charge is 0.0865 e. The molecule has 0 amide bonds. The fourth-order valence-electron chi connectivity index (χ4n) is 1.14. The predicted molar refractivity (Wildman–Crippen MR) is 56.8 cm³/mol. The number of oxime groups is 1. The summed E-state index contributed by atoms with van der Waals surface area (Å²) >= 11 is 1.68. The summed E-state index contributed by atoms with van der Waals surface area (Å²) in [5.74, 6) is 0. The Bertz CT molecular complexity index is 310. The number of thioether (sulfide) groups is 1. The molecule has 0 unspecified atom stereocenters. The monoisotopic (exact) mass is 195 g/mol. The predicted octanol–water partition coefficient (Wildman–Crippen LogP) is 3.00. The van der Waals surface area contributed by atoms with Crippen LogP contribution in [0, 0.1) is 0 Å². The molecule has 0 atom stereocenters. The van der Waals surface area contributed by atoms with E-state index in [1.165, 1.54) is 4.90 Å². The molecule has 1 rings (SSSR count). The van der Waals surface area contributed by atoms with Gasteiger partial charge in [-0.1, -0.05) is 24.2 Å². The molecule has 0 saturated heterocycles. The molecule has 0 aliphatic carbocycles. The molecule has 0 fully saturated rings. The standard InChI is InChI=1S/C10H13NOS/c1-3-10(11-12)8-5-4-6-9(7-8)13-2/h4-7,12H,3H2,1-2H3. The first-order chi connectivity index (χ1) is 6.31. The highest BCUT2D eigenvalue weighted by atomic mass is 32.2. The molecule has 0 aliphatic rings. The van der Waals surface area contributed by atoms with Gasteiger partial charge in [-0.05, 0) is 24.8 Å². The lowest BCUT2D eigenvalue weighted by Crippen LogP contribution is -1.98. The lowest BCUT2D eigenvalue weighted by Gasteiger charge is -2.02. The molecule has 0 spiro atoms. The van der Waals surface area contributed by atoms with Gasteiger partial charge < -0.3 is 5.21 Å². The second kappa shape index (κ2) is 4.92. The molecule has 0 radical (unpaired) electrons. The Morgan fingerprint density at radius 1 is 1.54 bits per heavy atom. The largest absolute Gasteiger partial charge is 0.411 e. The third kappa shape index (κ3) is 2.49. The van der Waals surface area contributed by atoms with Crippen molar-refractivity contribution >= 4 is 17.5 Å². The average molecular weight is 195 g/mol. The second-order valence-corrected chi connectivity index (χ2v) is 3.51. The van der Waals surface area contributed by atoms with Crippen molar-refractivity contribution in [3.05, 3.63) is 29.8 Å². The van der Waals surface area contributed by atoms with Crippen LogP contribution >= 0.6 is 11.8 Å². The van der Waals surface area contributed by atoms with E-state index in [1.807, 2.05) is 37.4 Å². The van der Waals surface area contributed by atoms with Crippen LogP contribution in [0.5, 0.6) is 0 Å². The molecule has 0 saturated carbocycles. The van der Waals surface area contributed by atoms with E-state index < -0.39 is 0 Å². The second-order valence-electron chi connectivity index (χ2n) is 2.63. The van der Waals surface area contributed by atoms with E-state index in [-0.39, 0.29) is 0 Å². The molecular weight excluding hydrogens is 182 g/mol. The molecule has 70 valence electrons. The summed E-state index contributed by atoms with van der Waals surface area (Å²) in [6, 6.07) is 8.00. The van der Waals surface area contributed by atoms with E-state index in [0.717, 1.165) is 17.7 Å². The van der Waals surface area contributed by atoms with Gasteiger partial charge in [-0.3, -0.25) is 0 Å². The minimum absolute atomic E-state index is 0.732. The van der Waals surface area contributed by atoms with Crippen LogP contribution in [0.25, 0.3) is 0 Å². The fourth-order valence-corrected chi connectivity index (χ4v) is 1.59. The van der Waals surface area contributed by atoms with Crippen molar-refractivity contribution < 1.29 is 5.21 Å². The van der Waals surface area contributed by atoms with Crippen LogP contribution in [-0.2, 0) is 0 Å². The summed E-state index contributed by atoms with van der Waals surface area (Å²) in [6.07, 6.45) is 2.77. The summed E-state index contributed by atoms with van der Waals surface area (Å²) in [4.78, 5) is 1.19. The van der Waals surface area contributed by atoms with Crippen molar-refractivity contribution in [1.82, 2.24) is 0 Å². The highest BCUT2D eigenvalue weighted by Crippen LogP contribution is 2.16. The van der Waals surface area contributed by atoms with Gasteiger partial charge in [0.15, 0.2) is 0 Å². The van der Waals surface area contributed by atoms with Crippen LogP contribution in [0.15, 0.2) is 34.3 Å². The van der Waals surface area contributed by atoms with Crippen LogP contribution in [0.4, 0.5) is 0 Å². The molecular formula is C10H13NOS. The maximum atomic E-state index is 8.72. The molecule has 0 bridgehead atoms. The van der Waals surface area contributed by atoms with Gasteiger partial charge >= 0.3 is 0 Å². The van der Waals surface area contributed by atoms with Crippen molar-refractivity contribution in [2.75, 3.05) is 6.26 Å². The summed E-state index contributed by atoms with van der Waals surface area (Å²) < 4.78 is 0. The zero-order valence-corrected chi connectivity index (χ0v) is 8.64. The Morgan fingerprint density at radius 2 is 2.31 bits per heavy atom. The summed E-state index contributed by atoms with van der Waals surface area (Å²) in [5, 5.41) is 12.0. The quantitative estimate of drug-likeness (QED) is 0.348. The van der Waals surface area contributed by atoms with Crippen molar-refractivity contribution in [3.63, 3.8) is 0 Å². The Kier molecular flexibility index (Phi) is 3.83. The van der Waals surface area contributed by atoms with Crippen molar-refractivity contribution in [2.45, 2.75) is 18.2 Å². The SMILES string of the molecule is CCC(=NO)c1cccc(SC)c1. The van der Waals surface area contributed by atoms with Crippen molar-refractivity contribution in [3.8, 4) is 0 Å². The van der Waals surface area contributed by atoms with Gasteiger partial charge in [-0.25, -0.2) is 0 Å². The zero-order valence-electron chi connectivity index (χ0n) is 7.82. The van der Waals surface area contributed by atoms with Gasteiger partial charge in [-0.2, -0.15) is 0 Å². The highest BCUT2D eigenvalue weighted by Gasteiger charge is 2.01. The van der Waals surface area contributed by atoms with E-state index >= 15 is 0 Å². The highest BCUT2D eigenvalue weighted by molar-refractivity contribution is 7.98. The molecule has 1 aromatic rings. The molecule has 13 heavy (non-hydrogen) atoms. The van der Waals surface area contributed by atoms with Gasteiger partial charge in [0.1, 0.15) is 0 Å². The van der Waals surface area contributed by atoms with Crippen molar-refractivity contribution in [1.29, 1.82) is 0 Å². The van der Waals surface area contributed by atoms with Crippen molar-refractivity contribution in [2.24, 2.45) is 5.16 Å². The van der Waals surface area contributed by atoms with E-state index in [4.69, 9.17) is 5.21 Å². The van der Waals surface area contributed by atoms with Crippen LogP contribution < -0.4 is 0 Å². The summed E-state index contributed by atoms with van der Waals surface area (Å²) in [6.45, 7) is 1.97. The third-order valence-corrected chi connectivity index (χ3v) is 2.58. The first-order valence-corrected chi connectivity index (χ1v) is 5.39. The molecule has 0 aliphatic heterocycles. The first kappa shape index (κ1) is 10.1. The fraction of sp³-hybridized carbons (Fsp3) is 0.300. The summed E-state index contributed by atoms with van der Waals surface area (Å²) in [7, 11) is 0. The van der Waals surface area contributed by atoms with Gasteiger partial charge in [0, 0.05) is 10.5 Å². The summed E-state index contributed by atoms with van der Waals surface area (Å²) in [5.41, 5.74) is 1.73. The van der Waals surface area contributed by atoms with Gasteiger partial charge in [0.25, 0.3) is 0 Å². The minimum atomic E-state index is 0.732. The van der Waals surface area contributed by atoms with Gasteiger partial charge in [-0.15, -0.1) is 11.8 Å². The minimum Gasteiger partial charge on any atom is -0.411 e. The molecule has 0 aromatic heterocycles. The Morgan fingerprint density at radius 3 is 2.85 bits per heavy atom. The maximum Gasteiger partial charge on any atom is 0.0865 e. The molecule has 1 N–H and O–H groups in total. The number of nitrogens with zero attached hydrogens (tertiary/aromatic N) is 1. The number of hydrogen-bond acceptors (Lipinski definition) is 3. The Hall–Kier alpha value is -0.960. The molecule has 1 aromatic carbocycles. The molecule has 3 heteroatoms. The first-order valence-electron chi connectivity index (χ1n) is 4.17. The van der Waals surface area contributed by atoms with E-state index in [9.17, 15) is 0 Å². The van der Waals surface area contributed by atoms with Crippen LogP contribution in [0.2, 0.25) is 0 Å². The van der Waals surface area contributed by atoms with Crippen LogP contribution in [0.1, 0.15) is 18.9 Å². The Labute approximate surface area is 82.7 Å². The lowest BCUT2D eigenvalue weighted by atomic mass is 10.1. The normalized spacial score (nSPS) is 11.7. The number of benzene rings is 1. The van der Waals surface area contributed by atoms with Crippen LogP contribution in [-0.4, -0.2) is 17.2 Å². The van der Waals surface area contributed by atoms with E-state index in [0.29, 0.717) is 0 Å². The number of hydrogen-bond donors (Lipinski definition) is 1. The Balaban J connectivity index is 3.00. The van der Waals surface area contributed by atoms with Gasteiger partial charge in [0.05, 0.1) is 5.71 Å². The number of rotatable bonds is 3. The maximum absolute atomic E-state index is 8.72. The molecule has 0 heterocycles. The topological polar surface area (TPSA) is 32.6 Å².